The first-order valence-corrected chi connectivity index (χ1v) is 7.83. The third kappa shape index (κ3) is 2.95. The largest absolute Gasteiger partial charge is 0.349 e. The standard InChI is InChI=1S/C17H23FN2O/c1-11-6-7-15(16(18)8-11)17(21)19-12-9-13-4-3-5-14(10-12)20(13)2/h6-8,12-14H,3-5,9-10H2,1-2H3,(H,19,21). The molecule has 1 amide bonds. The molecule has 0 aromatic heterocycles. The van der Waals surface area contributed by atoms with E-state index in [0.29, 0.717) is 12.1 Å². The van der Waals surface area contributed by atoms with E-state index in [2.05, 4.69) is 17.3 Å². The molecule has 3 rings (SSSR count). The predicted molar refractivity (Wildman–Crippen MR) is 80.8 cm³/mol. The molecule has 0 saturated carbocycles. The number of amides is 1. The number of nitrogens with zero attached hydrogens (tertiary/aromatic N) is 1. The Hall–Kier alpha value is -1.42. The summed E-state index contributed by atoms with van der Waals surface area (Å²) in [6.07, 6.45) is 5.65. The first-order valence-electron chi connectivity index (χ1n) is 7.83. The summed E-state index contributed by atoms with van der Waals surface area (Å²) >= 11 is 0. The van der Waals surface area contributed by atoms with E-state index < -0.39 is 5.82 Å². The van der Waals surface area contributed by atoms with Gasteiger partial charge in [-0.3, -0.25) is 4.79 Å². The third-order valence-corrected chi connectivity index (χ3v) is 5.04. The van der Waals surface area contributed by atoms with Gasteiger partial charge in [0.05, 0.1) is 5.56 Å². The smallest absolute Gasteiger partial charge is 0.254 e. The number of carbonyl (C=O) groups is 1. The third-order valence-electron chi connectivity index (χ3n) is 5.04. The van der Waals surface area contributed by atoms with Gasteiger partial charge in [-0.15, -0.1) is 0 Å². The molecule has 0 spiro atoms. The second-order valence-corrected chi connectivity index (χ2v) is 6.53. The number of halogens is 1. The first-order chi connectivity index (χ1) is 10.0. The molecule has 114 valence electrons. The normalized spacial score (nSPS) is 29.2. The van der Waals surface area contributed by atoms with Crippen LogP contribution in [0, 0.1) is 12.7 Å². The van der Waals surface area contributed by atoms with Crippen molar-refractivity contribution >= 4 is 5.91 Å². The fraction of sp³-hybridized carbons (Fsp3) is 0.588. The molecular formula is C17H23FN2O. The van der Waals surface area contributed by atoms with Gasteiger partial charge in [0.1, 0.15) is 5.82 Å². The van der Waals surface area contributed by atoms with Gasteiger partial charge in [0.2, 0.25) is 0 Å². The van der Waals surface area contributed by atoms with Crippen LogP contribution in [-0.2, 0) is 0 Å². The number of carbonyl (C=O) groups excluding carboxylic acids is 1. The molecule has 21 heavy (non-hydrogen) atoms. The highest BCUT2D eigenvalue weighted by molar-refractivity contribution is 5.94. The van der Waals surface area contributed by atoms with Gasteiger partial charge in [-0.1, -0.05) is 12.5 Å². The summed E-state index contributed by atoms with van der Waals surface area (Å²) in [6, 6.07) is 6.07. The fourth-order valence-electron chi connectivity index (χ4n) is 3.80. The molecular weight excluding hydrogens is 267 g/mol. The van der Waals surface area contributed by atoms with Crippen molar-refractivity contribution in [3.8, 4) is 0 Å². The number of hydrogen-bond donors (Lipinski definition) is 1. The van der Waals surface area contributed by atoms with Crippen molar-refractivity contribution in [2.24, 2.45) is 0 Å². The molecule has 2 atom stereocenters. The van der Waals surface area contributed by atoms with Gasteiger partial charge in [-0.05, 0) is 57.4 Å². The van der Waals surface area contributed by atoms with E-state index in [4.69, 9.17) is 0 Å². The molecule has 2 fully saturated rings. The van der Waals surface area contributed by atoms with Gasteiger partial charge < -0.3 is 10.2 Å². The van der Waals surface area contributed by atoms with Crippen LogP contribution in [-0.4, -0.2) is 36.0 Å². The lowest BCUT2D eigenvalue weighted by Crippen LogP contribution is -2.55. The number of nitrogens with one attached hydrogen (secondary N) is 1. The van der Waals surface area contributed by atoms with Crippen molar-refractivity contribution in [1.29, 1.82) is 0 Å². The van der Waals surface area contributed by atoms with Gasteiger partial charge in [-0.2, -0.15) is 0 Å². The minimum Gasteiger partial charge on any atom is -0.349 e. The Morgan fingerprint density at radius 3 is 2.57 bits per heavy atom. The second kappa shape index (κ2) is 5.76. The molecule has 1 aromatic rings. The van der Waals surface area contributed by atoms with Crippen LogP contribution in [0.25, 0.3) is 0 Å². The molecule has 2 saturated heterocycles. The number of hydrogen-bond acceptors (Lipinski definition) is 2. The number of rotatable bonds is 2. The Bertz CT molecular complexity index is 532. The van der Waals surface area contributed by atoms with Crippen LogP contribution in [0.3, 0.4) is 0 Å². The number of benzene rings is 1. The van der Waals surface area contributed by atoms with Crippen molar-refractivity contribution in [3.05, 3.63) is 35.1 Å². The lowest BCUT2D eigenvalue weighted by molar-refractivity contribution is 0.0462. The summed E-state index contributed by atoms with van der Waals surface area (Å²) in [6.45, 7) is 1.82. The van der Waals surface area contributed by atoms with Crippen molar-refractivity contribution in [3.63, 3.8) is 0 Å². The Labute approximate surface area is 125 Å². The molecule has 4 heteroatoms. The summed E-state index contributed by atoms with van der Waals surface area (Å²) in [5, 5.41) is 3.04. The number of aryl methyl sites for hydroxylation is 1. The topological polar surface area (TPSA) is 32.3 Å². The van der Waals surface area contributed by atoms with Gasteiger partial charge in [0.25, 0.3) is 5.91 Å². The van der Waals surface area contributed by atoms with Crippen LogP contribution in [0.1, 0.15) is 48.0 Å². The van der Waals surface area contributed by atoms with Gasteiger partial charge >= 0.3 is 0 Å². The average molecular weight is 290 g/mol. The Morgan fingerprint density at radius 2 is 1.95 bits per heavy atom. The second-order valence-electron chi connectivity index (χ2n) is 6.53. The lowest BCUT2D eigenvalue weighted by Gasteiger charge is -2.47. The zero-order valence-electron chi connectivity index (χ0n) is 12.7. The van der Waals surface area contributed by atoms with Gasteiger partial charge in [-0.25, -0.2) is 4.39 Å². The van der Waals surface area contributed by atoms with E-state index in [9.17, 15) is 9.18 Å². The maximum absolute atomic E-state index is 13.9. The molecule has 0 radical (unpaired) electrons. The van der Waals surface area contributed by atoms with E-state index in [0.717, 1.165) is 18.4 Å². The highest BCUT2D eigenvalue weighted by atomic mass is 19.1. The van der Waals surface area contributed by atoms with E-state index in [1.54, 1.807) is 12.1 Å². The van der Waals surface area contributed by atoms with Crippen LogP contribution >= 0.6 is 0 Å². The van der Waals surface area contributed by atoms with E-state index in [-0.39, 0.29) is 17.5 Å². The molecule has 1 aromatic carbocycles. The SMILES string of the molecule is Cc1ccc(C(=O)NC2CC3CCCC(C2)N3C)c(F)c1. The summed E-state index contributed by atoms with van der Waals surface area (Å²) in [4.78, 5) is 14.7. The number of fused-ring (bicyclic) bond motifs is 2. The molecule has 2 aliphatic heterocycles. The zero-order valence-corrected chi connectivity index (χ0v) is 12.7. The minimum atomic E-state index is -0.430. The summed E-state index contributed by atoms with van der Waals surface area (Å²) in [7, 11) is 2.19. The van der Waals surface area contributed by atoms with Gasteiger partial charge in [0.15, 0.2) is 0 Å². The Kier molecular flexibility index (Phi) is 3.98. The monoisotopic (exact) mass is 290 g/mol. The zero-order chi connectivity index (χ0) is 15.0. The molecule has 0 aliphatic carbocycles. The predicted octanol–water partition coefficient (Wildman–Crippen LogP) is 2.88. The van der Waals surface area contributed by atoms with Crippen molar-refractivity contribution in [1.82, 2.24) is 10.2 Å². The van der Waals surface area contributed by atoms with Crippen LogP contribution in [0.5, 0.6) is 0 Å². The van der Waals surface area contributed by atoms with Crippen molar-refractivity contribution < 1.29 is 9.18 Å². The molecule has 2 heterocycles. The Balaban J connectivity index is 1.68. The van der Waals surface area contributed by atoms with Gasteiger partial charge in [0, 0.05) is 18.1 Å². The lowest BCUT2D eigenvalue weighted by atomic mass is 9.82. The highest BCUT2D eigenvalue weighted by Gasteiger charge is 2.36. The van der Waals surface area contributed by atoms with Crippen LogP contribution < -0.4 is 5.32 Å². The summed E-state index contributed by atoms with van der Waals surface area (Å²) in [5.74, 6) is -0.708. The molecule has 2 unspecified atom stereocenters. The van der Waals surface area contributed by atoms with E-state index in [1.807, 2.05) is 6.92 Å². The first kappa shape index (κ1) is 14.5. The summed E-state index contributed by atoms with van der Waals surface area (Å²) in [5.41, 5.74) is 0.988. The Morgan fingerprint density at radius 1 is 1.29 bits per heavy atom. The van der Waals surface area contributed by atoms with Crippen LogP contribution in [0.15, 0.2) is 18.2 Å². The fourth-order valence-corrected chi connectivity index (χ4v) is 3.80. The molecule has 2 aliphatic rings. The minimum absolute atomic E-state index is 0.157. The molecule has 3 nitrogen and oxygen atoms in total. The van der Waals surface area contributed by atoms with Crippen LogP contribution in [0.2, 0.25) is 0 Å². The highest BCUT2D eigenvalue weighted by Crippen LogP contribution is 2.32. The molecule has 1 N–H and O–H groups in total. The maximum Gasteiger partial charge on any atom is 0.254 e. The quantitative estimate of drug-likeness (QED) is 0.908. The van der Waals surface area contributed by atoms with Crippen LogP contribution in [0.4, 0.5) is 4.39 Å². The number of piperidine rings is 2. The summed E-state index contributed by atoms with van der Waals surface area (Å²) < 4.78 is 13.9. The van der Waals surface area contributed by atoms with Crippen molar-refractivity contribution in [2.45, 2.75) is 57.2 Å². The van der Waals surface area contributed by atoms with E-state index in [1.165, 1.54) is 25.3 Å². The maximum atomic E-state index is 13.9. The van der Waals surface area contributed by atoms with Crippen molar-refractivity contribution in [2.75, 3.05) is 7.05 Å². The average Bonchev–Trinajstić information content (AvgIpc) is 2.39. The van der Waals surface area contributed by atoms with E-state index >= 15 is 0 Å². The molecule has 2 bridgehead atoms.